The molecule has 3 nitrogen and oxygen atoms in total. The number of nitrogens with one attached hydrogen (secondary N) is 1. The van der Waals surface area contributed by atoms with E-state index < -0.39 is 0 Å². The van der Waals surface area contributed by atoms with Gasteiger partial charge in [0.1, 0.15) is 5.82 Å². The minimum Gasteiger partial charge on any atom is -0.337 e. The number of hydrogen-bond donors (Lipinski definition) is 1. The monoisotopic (exact) mass is 293 g/mol. The summed E-state index contributed by atoms with van der Waals surface area (Å²) in [5, 5.41) is 3.31. The Labute approximate surface area is 110 Å². The molecule has 1 N–H and O–H groups in total. The summed E-state index contributed by atoms with van der Waals surface area (Å²) < 4.78 is 3.17. The molecule has 1 atom stereocenters. The number of aromatic nitrogens is 2. The SMILES string of the molecule is CNC(Cc1cccc(Br)c1)c1nccn1C. The van der Waals surface area contributed by atoms with Crippen LogP contribution in [0.2, 0.25) is 0 Å². The van der Waals surface area contributed by atoms with Crippen molar-refractivity contribution in [2.24, 2.45) is 7.05 Å². The lowest BCUT2D eigenvalue weighted by Crippen LogP contribution is -2.22. The summed E-state index contributed by atoms with van der Waals surface area (Å²) in [5.74, 6) is 1.06. The van der Waals surface area contributed by atoms with Crippen LogP contribution in [-0.2, 0) is 13.5 Å². The summed E-state index contributed by atoms with van der Waals surface area (Å²) >= 11 is 3.50. The second-order valence-corrected chi connectivity index (χ2v) is 4.99. The van der Waals surface area contributed by atoms with Crippen molar-refractivity contribution in [3.05, 3.63) is 52.5 Å². The topological polar surface area (TPSA) is 29.9 Å². The fourth-order valence-corrected chi connectivity index (χ4v) is 2.38. The number of aryl methyl sites for hydroxylation is 1. The second-order valence-electron chi connectivity index (χ2n) is 4.07. The van der Waals surface area contributed by atoms with E-state index in [2.05, 4.69) is 49.0 Å². The Balaban J connectivity index is 2.19. The number of imidazole rings is 1. The third-order valence-electron chi connectivity index (χ3n) is 2.85. The van der Waals surface area contributed by atoms with Gasteiger partial charge in [-0.2, -0.15) is 0 Å². The third-order valence-corrected chi connectivity index (χ3v) is 3.34. The van der Waals surface area contributed by atoms with Gasteiger partial charge in [-0.15, -0.1) is 0 Å². The molecule has 0 saturated heterocycles. The van der Waals surface area contributed by atoms with Gasteiger partial charge in [-0.1, -0.05) is 28.1 Å². The van der Waals surface area contributed by atoms with Crippen LogP contribution in [0.5, 0.6) is 0 Å². The van der Waals surface area contributed by atoms with Gasteiger partial charge >= 0.3 is 0 Å². The lowest BCUT2D eigenvalue weighted by atomic mass is 10.1. The molecule has 2 rings (SSSR count). The minimum atomic E-state index is 0.240. The average Bonchev–Trinajstić information content (AvgIpc) is 2.72. The van der Waals surface area contributed by atoms with E-state index in [4.69, 9.17) is 0 Å². The van der Waals surface area contributed by atoms with Crippen molar-refractivity contribution in [2.45, 2.75) is 12.5 Å². The Morgan fingerprint density at radius 1 is 1.47 bits per heavy atom. The zero-order chi connectivity index (χ0) is 12.3. The lowest BCUT2D eigenvalue weighted by Gasteiger charge is -2.16. The van der Waals surface area contributed by atoms with E-state index in [1.165, 1.54) is 5.56 Å². The summed E-state index contributed by atoms with van der Waals surface area (Å²) in [5.41, 5.74) is 1.29. The van der Waals surface area contributed by atoms with Crippen molar-refractivity contribution >= 4 is 15.9 Å². The van der Waals surface area contributed by atoms with Crippen LogP contribution in [0.3, 0.4) is 0 Å². The van der Waals surface area contributed by atoms with E-state index in [1.54, 1.807) is 0 Å². The highest BCUT2D eigenvalue weighted by Gasteiger charge is 2.14. The maximum atomic E-state index is 4.39. The van der Waals surface area contributed by atoms with E-state index >= 15 is 0 Å². The van der Waals surface area contributed by atoms with Crippen LogP contribution in [0.25, 0.3) is 0 Å². The predicted octanol–water partition coefficient (Wildman–Crippen LogP) is 2.69. The number of hydrogen-bond acceptors (Lipinski definition) is 2. The van der Waals surface area contributed by atoms with E-state index in [0.717, 1.165) is 16.7 Å². The Hall–Kier alpha value is -1.13. The van der Waals surface area contributed by atoms with Gasteiger partial charge in [0.05, 0.1) is 6.04 Å². The van der Waals surface area contributed by atoms with Crippen LogP contribution in [0, 0.1) is 0 Å². The Kier molecular flexibility index (Phi) is 3.97. The van der Waals surface area contributed by atoms with Crippen molar-refractivity contribution in [1.82, 2.24) is 14.9 Å². The smallest absolute Gasteiger partial charge is 0.125 e. The molecule has 0 amide bonds. The maximum Gasteiger partial charge on any atom is 0.125 e. The first-order valence-corrected chi connectivity index (χ1v) is 6.39. The van der Waals surface area contributed by atoms with Gasteiger partial charge in [0.25, 0.3) is 0 Å². The van der Waals surface area contributed by atoms with Gasteiger partial charge in [0.15, 0.2) is 0 Å². The van der Waals surface area contributed by atoms with E-state index in [-0.39, 0.29) is 6.04 Å². The second kappa shape index (κ2) is 5.47. The molecule has 0 aliphatic carbocycles. The average molecular weight is 294 g/mol. The van der Waals surface area contributed by atoms with Crippen molar-refractivity contribution in [3.8, 4) is 0 Å². The fourth-order valence-electron chi connectivity index (χ4n) is 1.94. The van der Waals surface area contributed by atoms with Gasteiger partial charge < -0.3 is 9.88 Å². The minimum absolute atomic E-state index is 0.240. The summed E-state index contributed by atoms with van der Waals surface area (Å²) in [6.45, 7) is 0. The molecular weight excluding hydrogens is 278 g/mol. The predicted molar refractivity (Wildman–Crippen MR) is 72.9 cm³/mol. The first kappa shape index (κ1) is 12.3. The molecule has 0 bridgehead atoms. The number of benzene rings is 1. The van der Waals surface area contributed by atoms with Crippen molar-refractivity contribution in [1.29, 1.82) is 0 Å². The normalized spacial score (nSPS) is 12.6. The molecular formula is C13H16BrN3. The molecule has 0 fully saturated rings. The van der Waals surface area contributed by atoms with Gasteiger partial charge in [-0.25, -0.2) is 4.98 Å². The number of nitrogens with zero attached hydrogens (tertiary/aromatic N) is 2. The largest absolute Gasteiger partial charge is 0.337 e. The van der Waals surface area contributed by atoms with Gasteiger partial charge in [0.2, 0.25) is 0 Å². The van der Waals surface area contributed by atoms with Crippen molar-refractivity contribution in [3.63, 3.8) is 0 Å². The summed E-state index contributed by atoms with van der Waals surface area (Å²) in [4.78, 5) is 4.39. The van der Waals surface area contributed by atoms with Crippen LogP contribution >= 0.6 is 15.9 Å². The van der Waals surface area contributed by atoms with Crippen LogP contribution in [0.1, 0.15) is 17.4 Å². The van der Waals surface area contributed by atoms with Crippen LogP contribution < -0.4 is 5.32 Å². The lowest BCUT2D eigenvalue weighted by molar-refractivity contribution is 0.538. The molecule has 0 aliphatic rings. The fraction of sp³-hybridized carbons (Fsp3) is 0.308. The number of likely N-dealkylation sites (N-methyl/N-ethyl adjacent to an activating group) is 1. The van der Waals surface area contributed by atoms with E-state index in [9.17, 15) is 0 Å². The third kappa shape index (κ3) is 2.96. The molecule has 90 valence electrons. The zero-order valence-electron chi connectivity index (χ0n) is 10.0. The maximum absolute atomic E-state index is 4.39. The molecule has 17 heavy (non-hydrogen) atoms. The Morgan fingerprint density at radius 2 is 2.29 bits per heavy atom. The van der Waals surface area contributed by atoms with Gasteiger partial charge in [0, 0.05) is 23.9 Å². The first-order valence-electron chi connectivity index (χ1n) is 5.59. The van der Waals surface area contributed by atoms with Crippen LogP contribution in [-0.4, -0.2) is 16.6 Å². The Bertz CT molecular complexity index is 493. The van der Waals surface area contributed by atoms with Gasteiger partial charge in [-0.3, -0.25) is 0 Å². The quantitative estimate of drug-likeness (QED) is 0.939. The number of rotatable bonds is 4. The molecule has 1 unspecified atom stereocenters. The summed E-state index contributed by atoms with van der Waals surface area (Å²) in [7, 11) is 3.99. The standard InChI is InChI=1S/C13H16BrN3/c1-15-12(13-16-6-7-17(13)2)9-10-4-3-5-11(14)8-10/h3-8,12,15H,9H2,1-2H3. The van der Waals surface area contributed by atoms with Crippen molar-refractivity contribution in [2.75, 3.05) is 7.05 Å². The van der Waals surface area contributed by atoms with Crippen LogP contribution in [0.15, 0.2) is 41.1 Å². The molecule has 1 aromatic heterocycles. The molecule has 1 aromatic carbocycles. The van der Waals surface area contributed by atoms with E-state index in [1.807, 2.05) is 32.6 Å². The Morgan fingerprint density at radius 3 is 2.88 bits per heavy atom. The molecule has 4 heteroatoms. The molecule has 0 aliphatic heterocycles. The highest BCUT2D eigenvalue weighted by Crippen LogP contribution is 2.19. The zero-order valence-corrected chi connectivity index (χ0v) is 11.6. The molecule has 0 radical (unpaired) electrons. The van der Waals surface area contributed by atoms with Crippen LogP contribution in [0.4, 0.5) is 0 Å². The molecule has 0 spiro atoms. The summed E-state index contributed by atoms with van der Waals surface area (Å²) in [6, 6.07) is 8.62. The van der Waals surface area contributed by atoms with Gasteiger partial charge in [-0.05, 0) is 31.2 Å². The highest BCUT2D eigenvalue weighted by molar-refractivity contribution is 9.10. The summed E-state index contributed by atoms with van der Waals surface area (Å²) in [6.07, 6.45) is 4.74. The molecule has 1 heterocycles. The van der Waals surface area contributed by atoms with Crippen molar-refractivity contribution < 1.29 is 0 Å². The molecule has 0 saturated carbocycles. The van der Waals surface area contributed by atoms with E-state index in [0.29, 0.717) is 0 Å². The number of halogens is 1. The molecule has 2 aromatic rings. The highest BCUT2D eigenvalue weighted by atomic mass is 79.9. The first-order chi connectivity index (χ1) is 8.20.